The lowest BCUT2D eigenvalue weighted by Crippen LogP contribution is -2.51. The van der Waals surface area contributed by atoms with Gasteiger partial charge in [0.1, 0.15) is 12.4 Å². The Morgan fingerprint density at radius 1 is 1.41 bits per heavy atom. The van der Waals surface area contributed by atoms with Gasteiger partial charge < -0.3 is 19.6 Å². The summed E-state index contributed by atoms with van der Waals surface area (Å²) in [4.78, 5) is 21.5. The normalized spacial score (nSPS) is 16.1. The molecule has 0 rings (SSSR count). The van der Waals surface area contributed by atoms with Gasteiger partial charge in [0.15, 0.2) is 8.32 Å². The van der Waals surface area contributed by atoms with Crippen molar-refractivity contribution in [3.8, 4) is 0 Å². The number of amides is 1. The van der Waals surface area contributed by atoms with Gasteiger partial charge in [-0.05, 0) is 25.1 Å². The first kappa shape index (κ1) is 16.1. The second-order valence-corrected chi connectivity index (χ2v) is 10.5. The molecule has 0 bridgehead atoms. The number of hydrogen-bond acceptors (Lipinski definition) is 3. The van der Waals surface area contributed by atoms with E-state index in [1.54, 1.807) is 6.92 Å². The minimum Gasteiger partial charge on any atom is -0.465 e. The van der Waals surface area contributed by atoms with Crippen LogP contribution in [0.2, 0.25) is 18.1 Å². The standard InChI is InChI=1S/C11H23NO4Si/c1-8(12-10(14)15)9(7-13)16-17(5,6)11(2,3)4/h7-9,12H,1-6H3,(H,14,15). The van der Waals surface area contributed by atoms with Crippen molar-refractivity contribution in [2.75, 3.05) is 0 Å². The zero-order chi connectivity index (χ0) is 13.9. The molecule has 0 fully saturated rings. The minimum atomic E-state index is -2.07. The molecule has 0 aliphatic heterocycles. The number of aldehydes is 1. The van der Waals surface area contributed by atoms with Crippen molar-refractivity contribution in [1.82, 2.24) is 5.32 Å². The first-order valence-corrected chi connectivity index (χ1v) is 8.54. The zero-order valence-electron chi connectivity index (χ0n) is 11.4. The molecule has 0 saturated heterocycles. The van der Waals surface area contributed by atoms with E-state index in [0.717, 1.165) is 0 Å². The van der Waals surface area contributed by atoms with E-state index in [2.05, 4.69) is 26.1 Å². The Kier molecular flexibility index (Phi) is 5.34. The fourth-order valence-electron chi connectivity index (χ4n) is 1.04. The maximum absolute atomic E-state index is 11.0. The van der Waals surface area contributed by atoms with Crippen LogP contribution >= 0.6 is 0 Å². The number of carbonyl (C=O) groups is 2. The summed E-state index contributed by atoms with van der Waals surface area (Å²) in [5.41, 5.74) is 0. The van der Waals surface area contributed by atoms with Crippen molar-refractivity contribution >= 4 is 20.7 Å². The summed E-state index contributed by atoms with van der Waals surface area (Å²) in [7, 11) is -2.07. The van der Waals surface area contributed by atoms with Crippen LogP contribution in [0.3, 0.4) is 0 Å². The summed E-state index contributed by atoms with van der Waals surface area (Å²) in [6.07, 6.45) is -1.21. The molecule has 1 amide bonds. The van der Waals surface area contributed by atoms with Gasteiger partial charge in [0.25, 0.3) is 0 Å². The summed E-state index contributed by atoms with van der Waals surface area (Å²) >= 11 is 0. The van der Waals surface area contributed by atoms with E-state index in [1.807, 2.05) is 13.1 Å². The van der Waals surface area contributed by atoms with Crippen LogP contribution in [0, 0.1) is 0 Å². The molecule has 0 aromatic rings. The summed E-state index contributed by atoms with van der Waals surface area (Å²) < 4.78 is 5.86. The van der Waals surface area contributed by atoms with Crippen LogP contribution in [0.1, 0.15) is 27.7 Å². The first-order valence-electron chi connectivity index (χ1n) is 5.64. The monoisotopic (exact) mass is 261 g/mol. The average Bonchev–Trinajstić information content (AvgIpc) is 2.10. The van der Waals surface area contributed by atoms with Crippen molar-refractivity contribution in [2.24, 2.45) is 0 Å². The lowest BCUT2D eigenvalue weighted by atomic mass is 10.2. The number of rotatable bonds is 5. The summed E-state index contributed by atoms with van der Waals surface area (Å²) in [5.74, 6) is 0. The Balaban J connectivity index is 4.71. The quantitative estimate of drug-likeness (QED) is 0.588. The fraction of sp³-hybridized carbons (Fsp3) is 0.818. The van der Waals surface area contributed by atoms with Crippen LogP contribution in [-0.4, -0.2) is 37.9 Å². The highest BCUT2D eigenvalue weighted by molar-refractivity contribution is 6.74. The molecule has 0 aliphatic rings. The number of carboxylic acid groups (broad SMARTS) is 1. The van der Waals surface area contributed by atoms with Crippen LogP contribution in [0.15, 0.2) is 0 Å². The smallest absolute Gasteiger partial charge is 0.404 e. The predicted octanol–water partition coefficient (Wildman–Crippen LogP) is 2.23. The average molecular weight is 261 g/mol. The van der Waals surface area contributed by atoms with Crippen LogP contribution in [-0.2, 0) is 9.22 Å². The molecule has 0 aromatic heterocycles. The largest absolute Gasteiger partial charge is 0.465 e. The highest BCUT2D eigenvalue weighted by Crippen LogP contribution is 2.37. The number of carbonyl (C=O) groups excluding carboxylic acids is 1. The Morgan fingerprint density at radius 2 is 1.88 bits per heavy atom. The van der Waals surface area contributed by atoms with Gasteiger partial charge in [0, 0.05) is 0 Å². The fourth-order valence-corrected chi connectivity index (χ4v) is 2.34. The first-order chi connectivity index (χ1) is 7.51. The number of nitrogens with one attached hydrogen (secondary N) is 1. The SMILES string of the molecule is CC(NC(=O)O)C(C=O)O[Si](C)(C)C(C)(C)C. The van der Waals surface area contributed by atoms with E-state index in [1.165, 1.54) is 0 Å². The molecule has 100 valence electrons. The van der Waals surface area contributed by atoms with Crippen LogP contribution in [0.4, 0.5) is 4.79 Å². The number of hydrogen-bond donors (Lipinski definition) is 2. The van der Waals surface area contributed by atoms with Crippen LogP contribution < -0.4 is 5.32 Å². The van der Waals surface area contributed by atoms with Crippen LogP contribution in [0.5, 0.6) is 0 Å². The Hall–Kier alpha value is -0.883. The maximum Gasteiger partial charge on any atom is 0.404 e. The van der Waals surface area contributed by atoms with Crippen molar-refractivity contribution in [2.45, 2.75) is 58.0 Å². The predicted molar refractivity (Wildman–Crippen MR) is 68.8 cm³/mol. The van der Waals surface area contributed by atoms with Gasteiger partial charge in [-0.25, -0.2) is 4.79 Å². The molecule has 6 heteroatoms. The minimum absolute atomic E-state index is 0.0167. The molecule has 2 N–H and O–H groups in total. The summed E-state index contributed by atoms with van der Waals surface area (Å²) in [6, 6.07) is -0.542. The van der Waals surface area contributed by atoms with Gasteiger partial charge in [-0.2, -0.15) is 0 Å². The maximum atomic E-state index is 11.0. The molecule has 2 unspecified atom stereocenters. The molecule has 17 heavy (non-hydrogen) atoms. The molecule has 0 heterocycles. The summed E-state index contributed by atoms with van der Waals surface area (Å²) in [5, 5.41) is 10.8. The highest BCUT2D eigenvalue weighted by Gasteiger charge is 2.40. The molecular weight excluding hydrogens is 238 g/mol. The molecule has 5 nitrogen and oxygen atoms in total. The lowest BCUT2D eigenvalue weighted by molar-refractivity contribution is -0.115. The molecule has 2 atom stereocenters. The van der Waals surface area contributed by atoms with Crippen molar-refractivity contribution in [1.29, 1.82) is 0 Å². The third-order valence-electron chi connectivity index (χ3n) is 3.21. The van der Waals surface area contributed by atoms with E-state index in [-0.39, 0.29) is 5.04 Å². The summed E-state index contributed by atoms with van der Waals surface area (Å²) in [6.45, 7) is 11.9. The Bertz CT molecular complexity index is 286. The van der Waals surface area contributed by atoms with Crippen LogP contribution in [0.25, 0.3) is 0 Å². The van der Waals surface area contributed by atoms with Gasteiger partial charge in [-0.3, -0.25) is 0 Å². The Labute approximate surface area is 104 Å². The Morgan fingerprint density at radius 3 is 2.18 bits per heavy atom. The molecule has 0 saturated carbocycles. The van der Waals surface area contributed by atoms with Gasteiger partial charge in [-0.1, -0.05) is 20.8 Å². The lowest BCUT2D eigenvalue weighted by Gasteiger charge is -2.39. The molecule has 0 aromatic carbocycles. The molecular formula is C11H23NO4Si. The molecule has 0 aliphatic carbocycles. The van der Waals surface area contributed by atoms with E-state index in [9.17, 15) is 9.59 Å². The van der Waals surface area contributed by atoms with Crippen molar-refractivity contribution in [3.63, 3.8) is 0 Å². The molecule has 0 radical (unpaired) electrons. The topological polar surface area (TPSA) is 75.6 Å². The van der Waals surface area contributed by atoms with Gasteiger partial charge in [0.05, 0.1) is 6.04 Å². The second kappa shape index (κ2) is 5.64. The zero-order valence-corrected chi connectivity index (χ0v) is 12.4. The van der Waals surface area contributed by atoms with E-state index >= 15 is 0 Å². The third-order valence-corrected chi connectivity index (χ3v) is 7.69. The highest BCUT2D eigenvalue weighted by atomic mass is 28.4. The second-order valence-electron chi connectivity index (χ2n) is 5.72. The molecule has 0 spiro atoms. The van der Waals surface area contributed by atoms with E-state index in [4.69, 9.17) is 9.53 Å². The van der Waals surface area contributed by atoms with Gasteiger partial charge in [-0.15, -0.1) is 0 Å². The van der Waals surface area contributed by atoms with Crippen molar-refractivity contribution < 1.29 is 19.1 Å². The third kappa shape index (κ3) is 4.87. The van der Waals surface area contributed by atoms with Gasteiger partial charge in [0.2, 0.25) is 0 Å². The van der Waals surface area contributed by atoms with Gasteiger partial charge >= 0.3 is 6.09 Å². The van der Waals surface area contributed by atoms with Crippen molar-refractivity contribution in [3.05, 3.63) is 0 Å². The van der Waals surface area contributed by atoms with E-state index < -0.39 is 26.6 Å². The van der Waals surface area contributed by atoms with E-state index in [0.29, 0.717) is 6.29 Å².